The minimum atomic E-state index is -0.478. The number of carbonyl (C=O) groups is 1. The standard InChI is InChI=1S/C25H22F2N6OS/c1-13-21(35-16-8-9-19-18(10-16)23(26)30-29-19)11-20(32(13)2)25(34)28-12-14-4-3-5-17-22(14)33(15-6-7-15)31-24(17)27/h3-5,8-11,15H,6-7,12H2,1-2H3,(H,28,34)(H,29,30). The number of nitrogens with one attached hydrogen (secondary N) is 2. The second kappa shape index (κ2) is 8.23. The number of amides is 1. The summed E-state index contributed by atoms with van der Waals surface area (Å²) in [6.07, 6.45) is 1.97. The summed E-state index contributed by atoms with van der Waals surface area (Å²) < 4.78 is 31.9. The smallest absolute Gasteiger partial charge is 0.268 e. The van der Waals surface area contributed by atoms with Gasteiger partial charge in [0.2, 0.25) is 11.9 Å². The van der Waals surface area contributed by atoms with Gasteiger partial charge in [-0.05, 0) is 55.7 Å². The fraction of sp³-hybridized carbons (Fsp3) is 0.240. The van der Waals surface area contributed by atoms with Crippen LogP contribution in [0.15, 0.2) is 52.3 Å². The number of carbonyl (C=O) groups excluding carboxylic acids is 1. The lowest BCUT2D eigenvalue weighted by molar-refractivity contribution is 0.0942. The molecule has 2 N–H and O–H groups in total. The first-order valence-corrected chi connectivity index (χ1v) is 12.1. The molecule has 10 heteroatoms. The number of nitrogens with zero attached hydrogens (tertiary/aromatic N) is 4. The molecule has 1 saturated carbocycles. The Bertz CT molecular complexity index is 1610. The van der Waals surface area contributed by atoms with Gasteiger partial charge in [0.1, 0.15) is 5.69 Å². The molecule has 3 aromatic heterocycles. The molecule has 178 valence electrons. The molecule has 7 nitrogen and oxygen atoms in total. The third-order valence-electron chi connectivity index (χ3n) is 6.53. The van der Waals surface area contributed by atoms with E-state index in [1.54, 1.807) is 28.9 Å². The zero-order valence-electron chi connectivity index (χ0n) is 19.1. The van der Waals surface area contributed by atoms with Gasteiger partial charge in [0.05, 0.1) is 27.8 Å². The van der Waals surface area contributed by atoms with E-state index in [1.165, 1.54) is 11.8 Å². The Morgan fingerprint density at radius 3 is 2.83 bits per heavy atom. The Balaban J connectivity index is 1.24. The van der Waals surface area contributed by atoms with Crippen molar-refractivity contribution in [3.05, 3.63) is 71.3 Å². The van der Waals surface area contributed by atoms with E-state index >= 15 is 0 Å². The summed E-state index contributed by atoms with van der Waals surface area (Å²) in [5, 5.41) is 14.2. The summed E-state index contributed by atoms with van der Waals surface area (Å²) in [6, 6.07) is 12.8. The molecule has 0 spiro atoms. The molecule has 6 rings (SSSR count). The highest BCUT2D eigenvalue weighted by Crippen LogP contribution is 2.38. The van der Waals surface area contributed by atoms with Crippen molar-refractivity contribution in [2.24, 2.45) is 7.05 Å². The van der Waals surface area contributed by atoms with Crippen LogP contribution in [0.2, 0.25) is 0 Å². The van der Waals surface area contributed by atoms with Gasteiger partial charge < -0.3 is 9.88 Å². The van der Waals surface area contributed by atoms with Crippen LogP contribution in [0.4, 0.5) is 8.78 Å². The van der Waals surface area contributed by atoms with Crippen LogP contribution >= 0.6 is 11.8 Å². The minimum Gasteiger partial charge on any atom is -0.347 e. The Kier molecular flexibility index (Phi) is 5.14. The van der Waals surface area contributed by atoms with Crippen molar-refractivity contribution < 1.29 is 13.6 Å². The molecule has 0 radical (unpaired) electrons. The van der Waals surface area contributed by atoms with Gasteiger partial charge >= 0.3 is 0 Å². The van der Waals surface area contributed by atoms with Crippen LogP contribution in [0.5, 0.6) is 0 Å². The summed E-state index contributed by atoms with van der Waals surface area (Å²) in [5.41, 5.74) is 3.57. The number of benzene rings is 2. The molecule has 1 aliphatic rings. The monoisotopic (exact) mass is 492 g/mol. The molecule has 0 saturated heterocycles. The number of fused-ring (bicyclic) bond motifs is 2. The quantitative estimate of drug-likeness (QED) is 0.339. The van der Waals surface area contributed by atoms with E-state index in [0.29, 0.717) is 22.0 Å². The van der Waals surface area contributed by atoms with Crippen molar-refractivity contribution in [3.63, 3.8) is 0 Å². The minimum absolute atomic E-state index is 0.226. The van der Waals surface area contributed by atoms with E-state index in [1.807, 2.05) is 36.7 Å². The maximum absolute atomic E-state index is 14.4. The summed E-state index contributed by atoms with van der Waals surface area (Å²) in [4.78, 5) is 14.9. The van der Waals surface area contributed by atoms with Crippen LogP contribution in [0.1, 0.15) is 40.6 Å². The van der Waals surface area contributed by atoms with E-state index in [4.69, 9.17) is 0 Å². The lowest BCUT2D eigenvalue weighted by atomic mass is 10.1. The highest BCUT2D eigenvalue weighted by Gasteiger charge is 2.28. The third-order valence-corrected chi connectivity index (χ3v) is 7.65. The number of H-pyrrole nitrogens is 1. The summed E-state index contributed by atoms with van der Waals surface area (Å²) in [7, 11) is 1.84. The fourth-order valence-corrected chi connectivity index (χ4v) is 5.38. The molecule has 5 aromatic rings. The number of hydrogen-bond acceptors (Lipinski definition) is 4. The van der Waals surface area contributed by atoms with Gasteiger partial charge in [-0.1, -0.05) is 23.9 Å². The van der Waals surface area contributed by atoms with Crippen molar-refractivity contribution in [1.82, 2.24) is 29.9 Å². The van der Waals surface area contributed by atoms with Gasteiger partial charge in [-0.25, -0.2) is 0 Å². The van der Waals surface area contributed by atoms with Crippen molar-refractivity contribution in [2.45, 2.75) is 42.1 Å². The predicted molar refractivity (Wildman–Crippen MR) is 129 cm³/mol. The zero-order chi connectivity index (χ0) is 24.3. The first kappa shape index (κ1) is 21.8. The van der Waals surface area contributed by atoms with Gasteiger partial charge in [0.25, 0.3) is 5.91 Å². The molecule has 1 amide bonds. The molecular formula is C25H22F2N6OS. The Morgan fingerprint density at radius 2 is 2.03 bits per heavy atom. The zero-order valence-corrected chi connectivity index (χ0v) is 19.9. The summed E-state index contributed by atoms with van der Waals surface area (Å²) >= 11 is 1.46. The molecule has 0 bridgehead atoms. The molecule has 0 aliphatic heterocycles. The number of para-hydroxylation sites is 1. The van der Waals surface area contributed by atoms with E-state index in [-0.39, 0.29) is 18.5 Å². The van der Waals surface area contributed by atoms with Crippen LogP contribution in [-0.4, -0.2) is 30.5 Å². The molecule has 1 aliphatic carbocycles. The van der Waals surface area contributed by atoms with Gasteiger partial charge in [-0.15, -0.1) is 5.10 Å². The first-order valence-electron chi connectivity index (χ1n) is 11.3. The first-order chi connectivity index (χ1) is 16.9. The lowest BCUT2D eigenvalue weighted by Crippen LogP contribution is -2.25. The van der Waals surface area contributed by atoms with E-state index in [2.05, 4.69) is 20.6 Å². The van der Waals surface area contributed by atoms with Crippen LogP contribution in [0.3, 0.4) is 0 Å². The molecule has 2 aromatic carbocycles. The number of aromatic amines is 1. The third kappa shape index (κ3) is 3.78. The lowest BCUT2D eigenvalue weighted by Gasteiger charge is -2.10. The molecule has 35 heavy (non-hydrogen) atoms. The molecule has 1 fully saturated rings. The van der Waals surface area contributed by atoms with Gasteiger partial charge in [0, 0.05) is 29.1 Å². The molecule has 0 unspecified atom stereocenters. The number of aromatic nitrogens is 5. The number of rotatable bonds is 6. The van der Waals surface area contributed by atoms with Crippen LogP contribution in [-0.2, 0) is 13.6 Å². The Hall–Kier alpha value is -3.66. The normalized spacial score (nSPS) is 13.7. The van der Waals surface area contributed by atoms with Crippen LogP contribution in [0, 0.1) is 18.8 Å². The second-order valence-electron chi connectivity index (χ2n) is 8.82. The maximum Gasteiger partial charge on any atom is 0.268 e. The summed E-state index contributed by atoms with van der Waals surface area (Å²) in [6.45, 7) is 2.20. The Morgan fingerprint density at radius 1 is 1.20 bits per heavy atom. The number of halogens is 2. The van der Waals surface area contributed by atoms with Gasteiger partial charge in [-0.3, -0.25) is 14.6 Å². The second-order valence-corrected chi connectivity index (χ2v) is 9.93. The molecular weight excluding hydrogens is 470 g/mol. The maximum atomic E-state index is 14.4. The fourth-order valence-electron chi connectivity index (χ4n) is 4.36. The topological polar surface area (TPSA) is 80.5 Å². The van der Waals surface area contributed by atoms with Crippen molar-refractivity contribution in [1.29, 1.82) is 0 Å². The van der Waals surface area contributed by atoms with Crippen LogP contribution in [0.25, 0.3) is 21.8 Å². The average molecular weight is 493 g/mol. The Labute approximate surface area is 203 Å². The summed E-state index contributed by atoms with van der Waals surface area (Å²) in [5.74, 6) is -1.17. The number of hydrogen-bond donors (Lipinski definition) is 2. The van der Waals surface area contributed by atoms with Crippen molar-refractivity contribution in [3.8, 4) is 0 Å². The largest absolute Gasteiger partial charge is 0.347 e. The average Bonchev–Trinajstić information content (AvgIpc) is 3.49. The van der Waals surface area contributed by atoms with Gasteiger partial charge in [-0.2, -0.15) is 13.9 Å². The molecule has 3 heterocycles. The van der Waals surface area contributed by atoms with E-state index in [0.717, 1.165) is 39.4 Å². The predicted octanol–water partition coefficient (Wildman–Crippen LogP) is 5.25. The van der Waals surface area contributed by atoms with Crippen molar-refractivity contribution in [2.75, 3.05) is 0 Å². The van der Waals surface area contributed by atoms with Crippen molar-refractivity contribution >= 4 is 39.5 Å². The van der Waals surface area contributed by atoms with E-state index in [9.17, 15) is 13.6 Å². The highest BCUT2D eigenvalue weighted by molar-refractivity contribution is 7.99. The van der Waals surface area contributed by atoms with E-state index < -0.39 is 11.9 Å². The van der Waals surface area contributed by atoms with Crippen LogP contribution < -0.4 is 5.32 Å². The highest BCUT2D eigenvalue weighted by atomic mass is 32.2. The SMILES string of the molecule is Cc1c(Sc2ccc3n[nH]c(F)c3c2)cc(C(=O)NCc2cccc3c(F)nn(C4CC4)c23)n1C. The van der Waals surface area contributed by atoms with Gasteiger partial charge in [0.15, 0.2) is 0 Å². The molecule has 0 atom stereocenters.